The van der Waals surface area contributed by atoms with E-state index in [1.54, 1.807) is 0 Å². The third kappa shape index (κ3) is 4.74. The van der Waals surface area contributed by atoms with Gasteiger partial charge < -0.3 is 13.7 Å². The van der Waals surface area contributed by atoms with Crippen molar-refractivity contribution in [3.05, 3.63) is 0 Å². The van der Waals surface area contributed by atoms with Crippen molar-refractivity contribution in [1.29, 1.82) is 0 Å². The topological polar surface area (TPSA) is 55.8 Å². The largest absolute Gasteiger partial charge is 0.413 e. The van der Waals surface area contributed by atoms with E-state index in [0.29, 0.717) is 13.0 Å². The van der Waals surface area contributed by atoms with Crippen LogP contribution in [0.15, 0.2) is 0 Å². The van der Waals surface area contributed by atoms with Gasteiger partial charge in [-0.15, -0.1) is 0 Å². The highest BCUT2D eigenvalue weighted by Gasteiger charge is 2.56. The summed E-state index contributed by atoms with van der Waals surface area (Å²) in [4.78, 5) is 25.8. The van der Waals surface area contributed by atoms with Crippen LogP contribution in [0.2, 0.25) is 37.8 Å². The smallest absolute Gasteiger partial charge is 0.222 e. The molecule has 2 fully saturated rings. The van der Waals surface area contributed by atoms with Crippen molar-refractivity contribution < 1.29 is 18.8 Å². The zero-order chi connectivity index (χ0) is 20.8. The predicted molar refractivity (Wildman–Crippen MR) is 114 cm³/mol. The molecule has 5 nitrogen and oxygen atoms in total. The Morgan fingerprint density at radius 1 is 1.26 bits per heavy atom. The first-order chi connectivity index (χ1) is 12.2. The summed E-state index contributed by atoms with van der Waals surface area (Å²) in [5.41, 5.74) is 0. The van der Waals surface area contributed by atoms with E-state index in [9.17, 15) is 9.59 Å². The molecule has 0 spiro atoms. The molecule has 2 aliphatic heterocycles. The lowest BCUT2D eigenvalue weighted by molar-refractivity contribution is -0.156. The van der Waals surface area contributed by atoms with Crippen LogP contribution in [0.5, 0.6) is 0 Å². The third-order valence-corrected chi connectivity index (χ3v) is 13.1. The van der Waals surface area contributed by atoms with Gasteiger partial charge in [0.15, 0.2) is 22.3 Å². The normalized spacial score (nSPS) is 28.3. The van der Waals surface area contributed by atoms with Crippen LogP contribution in [0.3, 0.4) is 0 Å². The molecule has 4 atom stereocenters. The molecule has 2 aliphatic rings. The van der Waals surface area contributed by atoms with E-state index in [1.807, 2.05) is 11.5 Å². The Morgan fingerprint density at radius 2 is 1.85 bits per heavy atom. The van der Waals surface area contributed by atoms with E-state index in [-0.39, 0.29) is 40.9 Å². The number of ether oxygens (including phenoxy) is 1. The monoisotopic (exact) mass is 413 g/mol. The Labute approximate surface area is 167 Å². The van der Waals surface area contributed by atoms with Gasteiger partial charge in [-0.2, -0.15) is 0 Å². The predicted octanol–water partition coefficient (Wildman–Crippen LogP) is 4.20. The molecule has 0 aromatic rings. The molecule has 2 saturated heterocycles. The fraction of sp³-hybridized carbons (Fsp3) is 0.900. The Hall–Kier alpha value is -0.506. The number of hydrogen-bond donors (Lipinski definition) is 0. The summed E-state index contributed by atoms with van der Waals surface area (Å²) in [6, 6.07) is -0.0411. The summed E-state index contributed by atoms with van der Waals surface area (Å²) in [7, 11) is -3.82. The van der Waals surface area contributed by atoms with Crippen LogP contribution in [-0.2, 0) is 18.8 Å². The number of ketones is 1. The van der Waals surface area contributed by atoms with Crippen molar-refractivity contribution in [3.8, 4) is 0 Å². The molecular formula is C20H39NO4Si2. The first-order valence-corrected chi connectivity index (χ1v) is 16.7. The van der Waals surface area contributed by atoms with Crippen LogP contribution >= 0.6 is 0 Å². The molecule has 0 bridgehead atoms. The average Bonchev–Trinajstić information content (AvgIpc) is 2.96. The van der Waals surface area contributed by atoms with Gasteiger partial charge in [0.1, 0.15) is 6.10 Å². The lowest BCUT2D eigenvalue weighted by Crippen LogP contribution is -2.72. The van der Waals surface area contributed by atoms with E-state index < -0.39 is 16.6 Å². The number of nitrogens with zero attached hydrogens (tertiary/aromatic N) is 1. The fourth-order valence-electron chi connectivity index (χ4n) is 4.01. The Morgan fingerprint density at radius 3 is 2.30 bits per heavy atom. The van der Waals surface area contributed by atoms with Gasteiger partial charge in [-0.3, -0.25) is 9.59 Å². The second-order valence-electron chi connectivity index (χ2n) is 10.7. The van der Waals surface area contributed by atoms with Gasteiger partial charge in [-0.25, -0.2) is 0 Å². The summed E-state index contributed by atoms with van der Waals surface area (Å²) < 4.78 is 14.1. The maximum Gasteiger partial charge on any atom is 0.222 e. The summed E-state index contributed by atoms with van der Waals surface area (Å²) in [6.07, 6.45) is 1.73. The number of carbonyl (C=O) groups excluding carboxylic acids is 2. The van der Waals surface area contributed by atoms with Crippen LogP contribution in [0.25, 0.3) is 0 Å². The lowest BCUT2D eigenvalue weighted by atomic mass is 9.82. The van der Waals surface area contributed by atoms with Crippen LogP contribution in [0.1, 0.15) is 47.0 Å². The Balaban J connectivity index is 2.17. The van der Waals surface area contributed by atoms with Gasteiger partial charge in [0.25, 0.3) is 0 Å². The zero-order valence-corrected chi connectivity index (χ0v) is 20.7. The highest BCUT2D eigenvalue weighted by molar-refractivity contribution is 6.76. The van der Waals surface area contributed by atoms with Gasteiger partial charge in [0.05, 0.1) is 12.0 Å². The van der Waals surface area contributed by atoms with Crippen molar-refractivity contribution in [1.82, 2.24) is 4.57 Å². The molecule has 27 heavy (non-hydrogen) atoms. The molecule has 0 aromatic heterocycles. The summed E-state index contributed by atoms with van der Waals surface area (Å²) in [6.45, 7) is 20.3. The molecular weight excluding hydrogens is 374 g/mol. The number of carbonyl (C=O) groups is 2. The summed E-state index contributed by atoms with van der Waals surface area (Å²) in [5.74, 6) is 0.111. The number of rotatable bonds is 7. The number of hydrogen-bond acceptors (Lipinski definition) is 4. The quantitative estimate of drug-likeness (QED) is 0.464. The lowest BCUT2D eigenvalue weighted by Gasteiger charge is -2.56. The van der Waals surface area contributed by atoms with E-state index in [2.05, 4.69) is 53.5 Å². The fourth-order valence-corrected chi connectivity index (χ4v) is 7.50. The van der Waals surface area contributed by atoms with Crippen molar-refractivity contribution in [2.75, 3.05) is 6.61 Å². The maximum atomic E-state index is 13.1. The van der Waals surface area contributed by atoms with Crippen molar-refractivity contribution >= 4 is 28.2 Å². The number of amides is 1. The molecule has 0 radical (unpaired) electrons. The zero-order valence-electron chi connectivity index (χ0n) is 18.7. The van der Waals surface area contributed by atoms with Crippen LogP contribution in [0, 0.1) is 5.92 Å². The van der Waals surface area contributed by atoms with Crippen LogP contribution in [-0.4, -0.2) is 57.7 Å². The van der Waals surface area contributed by atoms with Crippen molar-refractivity contribution in [2.24, 2.45) is 5.92 Å². The number of β-lactam (4-membered cyclic amide) rings is 1. The van der Waals surface area contributed by atoms with Crippen molar-refractivity contribution in [3.63, 3.8) is 0 Å². The van der Waals surface area contributed by atoms with E-state index in [0.717, 1.165) is 12.8 Å². The average molecular weight is 414 g/mol. The summed E-state index contributed by atoms with van der Waals surface area (Å²) in [5, 5.41) is 0.0928. The van der Waals surface area contributed by atoms with Gasteiger partial charge in [-0.1, -0.05) is 40.4 Å². The van der Waals surface area contributed by atoms with E-state index in [1.165, 1.54) is 0 Å². The van der Waals surface area contributed by atoms with Crippen LogP contribution in [0.4, 0.5) is 0 Å². The van der Waals surface area contributed by atoms with Gasteiger partial charge >= 0.3 is 0 Å². The molecule has 156 valence electrons. The molecule has 2 rings (SSSR count). The second kappa shape index (κ2) is 7.73. The van der Waals surface area contributed by atoms with Gasteiger partial charge in [0, 0.05) is 19.1 Å². The standard InChI is InChI=1S/C20H39NO4Si2/c1-14(25-27(8,9)20(2,3)4)18-15(21(19(18)23)26(5,6)7)13-16(22)17-11-10-12-24-17/h14-15,17-18H,10-13H2,1-9H3/t14-,15-,17+,18-/m1/s1. The molecule has 0 aliphatic carbocycles. The Bertz CT molecular complexity index is 574. The minimum absolute atomic E-state index is 0.0411. The minimum Gasteiger partial charge on any atom is -0.413 e. The van der Waals surface area contributed by atoms with Gasteiger partial charge in [0.2, 0.25) is 5.91 Å². The molecule has 1 amide bonds. The molecule has 7 heteroatoms. The Kier molecular flexibility index (Phi) is 6.52. The molecule has 2 heterocycles. The van der Waals surface area contributed by atoms with Crippen molar-refractivity contribution in [2.45, 2.75) is 103 Å². The molecule has 0 N–H and O–H groups in total. The van der Waals surface area contributed by atoms with E-state index >= 15 is 0 Å². The van der Waals surface area contributed by atoms with Crippen LogP contribution < -0.4 is 0 Å². The third-order valence-electron chi connectivity index (χ3n) is 6.48. The minimum atomic E-state index is -1.97. The van der Waals surface area contributed by atoms with E-state index in [4.69, 9.17) is 9.16 Å². The van der Waals surface area contributed by atoms with Gasteiger partial charge in [-0.05, 0) is 37.9 Å². The molecule has 0 aromatic carbocycles. The molecule has 0 saturated carbocycles. The first-order valence-electron chi connectivity index (χ1n) is 10.3. The highest BCUT2D eigenvalue weighted by atomic mass is 28.4. The summed E-state index contributed by atoms with van der Waals surface area (Å²) >= 11 is 0. The SMILES string of the molecule is C[C@@H](O[Si](C)(C)C(C)(C)C)[C@H]1C(=O)N([Si](C)(C)C)[C@@H]1CC(=O)[C@@H]1CCCO1. The highest BCUT2D eigenvalue weighted by Crippen LogP contribution is 2.42. The first kappa shape index (κ1) is 22.8. The maximum absolute atomic E-state index is 13.1. The molecule has 0 unspecified atom stereocenters. The number of Topliss-reactive ketones (excluding diaryl/α,β-unsaturated/α-hetero) is 1. The second-order valence-corrected chi connectivity index (χ2v) is 20.3.